The van der Waals surface area contributed by atoms with Gasteiger partial charge in [0.25, 0.3) is 0 Å². The molecule has 1 saturated heterocycles. The van der Waals surface area contributed by atoms with Crippen LogP contribution in [-0.2, 0) is 0 Å². The minimum absolute atomic E-state index is 0.0507. The first kappa shape index (κ1) is 12.9. The Hall–Kier alpha value is -1.55. The summed E-state index contributed by atoms with van der Waals surface area (Å²) in [4.78, 5) is 13.8. The lowest BCUT2D eigenvalue weighted by Crippen LogP contribution is -2.42. The number of anilines is 1. The second-order valence-corrected chi connectivity index (χ2v) is 4.86. The first-order valence-corrected chi connectivity index (χ1v) is 6.46. The summed E-state index contributed by atoms with van der Waals surface area (Å²) >= 11 is 0. The molecule has 1 atom stereocenters. The van der Waals surface area contributed by atoms with Gasteiger partial charge in [-0.2, -0.15) is 0 Å². The molecule has 1 heterocycles. The predicted molar refractivity (Wildman–Crippen MR) is 71.4 cm³/mol. The Balaban J connectivity index is 1.85. The van der Waals surface area contributed by atoms with Crippen molar-refractivity contribution in [1.82, 2.24) is 4.90 Å². The molecular weight excluding hydrogens is 228 g/mol. The van der Waals surface area contributed by atoms with Crippen molar-refractivity contribution in [1.29, 1.82) is 0 Å². The van der Waals surface area contributed by atoms with Gasteiger partial charge >= 0.3 is 6.03 Å². The molecule has 1 fully saturated rings. The van der Waals surface area contributed by atoms with Crippen molar-refractivity contribution in [3.63, 3.8) is 0 Å². The Morgan fingerprint density at radius 3 is 2.50 bits per heavy atom. The summed E-state index contributed by atoms with van der Waals surface area (Å²) in [5, 5.41) is 12.4. The van der Waals surface area contributed by atoms with E-state index in [2.05, 4.69) is 5.32 Å². The SMILES string of the molecule is CC(O)C1CCN(C(=O)Nc2ccccc2)CC1. The number of para-hydroxylation sites is 1. The van der Waals surface area contributed by atoms with Gasteiger partial charge in [-0.05, 0) is 37.8 Å². The van der Waals surface area contributed by atoms with E-state index in [0.717, 1.165) is 18.5 Å². The van der Waals surface area contributed by atoms with Crippen LogP contribution in [0, 0.1) is 5.92 Å². The standard InChI is InChI=1S/C14H20N2O2/c1-11(17)12-7-9-16(10-8-12)14(18)15-13-5-3-2-4-6-13/h2-6,11-12,17H,7-10H2,1H3,(H,15,18). The summed E-state index contributed by atoms with van der Waals surface area (Å²) in [6, 6.07) is 9.42. The molecule has 0 aromatic heterocycles. The minimum Gasteiger partial charge on any atom is -0.393 e. The van der Waals surface area contributed by atoms with Crippen LogP contribution in [0.15, 0.2) is 30.3 Å². The maximum atomic E-state index is 12.0. The van der Waals surface area contributed by atoms with Crippen LogP contribution in [0.5, 0.6) is 0 Å². The Labute approximate surface area is 108 Å². The summed E-state index contributed by atoms with van der Waals surface area (Å²) < 4.78 is 0. The summed E-state index contributed by atoms with van der Waals surface area (Å²) in [5.74, 6) is 0.325. The van der Waals surface area contributed by atoms with Crippen molar-refractivity contribution in [3.8, 4) is 0 Å². The van der Waals surface area contributed by atoms with Crippen molar-refractivity contribution < 1.29 is 9.90 Å². The molecular formula is C14H20N2O2. The van der Waals surface area contributed by atoms with Crippen molar-refractivity contribution in [2.75, 3.05) is 18.4 Å². The summed E-state index contributed by atoms with van der Waals surface area (Å²) in [6.45, 7) is 3.26. The van der Waals surface area contributed by atoms with Crippen LogP contribution < -0.4 is 5.32 Å². The van der Waals surface area contributed by atoms with Crippen molar-refractivity contribution >= 4 is 11.7 Å². The molecule has 4 heteroatoms. The highest BCUT2D eigenvalue weighted by Gasteiger charge is 2.25. The Bertz CT molecular complexity index is 384. The van der Waals surface area contributed by atoms with Crippen LogP contribution in [0.25, 0.3) is 0 Å². The molecule has 0 saturated carbocycles. The summed E-state index contributed by atoms with van der Waals surface area (Å²) in [6.07, 6.45) is 1.48. The molecule has 1 aliphatic heterocycles. The number of aliphatic hydroxyl groups excluding tert-OH is 1. The van der Waals surface area contributed by atoms with Crippen LogP contribution in [0.1, 0.15) is 19.8 Å². The van der Waals surface area contributed by atoms with Crippen molar-refractivity contribution in [2.24, 2.45) is 5.92 Å². The fraction of sp³-hybridized carbons (Fsp3) is 0.500. The first-order valence-electron chi connectivity index (χ1n) is 6.46. The molecule has 0 spiro atoms. The molecule has 2 rings (SSSR count). The average molecular weight is 248 g/mol. The number of carbonyl (C=O) groups excluding carboxylic acids is 1. The molecule has 1 aliphatic rings. The second-order valence-electron chi connectivity index (χ2n) is 4.86. The van der Waals surface area contributed by atoms with Gasteiger partial charge in [0.05, 0.1) is 6.10 Å². The van der Waals surface area contributed by atoms with E-state index in [1.54, 1.807) is 0 Å². The number of nitrogens with one attached hydrogen (secondary N) is 1. The van der Waals surface area contributed by atoms with E-state index in [4.69, 9.17) is 0 Å². The molecule has 98 valence electrons. The molecule has 1 aromatic carbocycles. The van der Waals surface area contributed by atoms with Crippen LogP contribution in [0.2, 0.25) is 0 Å². The van der Waals surface area contributed by atoms with Gasteiger partial charge in [-0.25, -0.2) is 4.79 Å². The smallest absolute Gasteiger partial charge is 0.321 e. The van der Waals surface area contributed by atoms with E-state index >= 15 is 0 Å². The first-order chi connectivity index (χ1) is 8.66. The number of benzene rings is 1. The number of carbonyl (C=O) groups is 1. The minimum atomic E-state index is -0.274. The zero-order valence-electron chi connectivity index (χ0n) is 10.7. The number of rotatable bonds is 2. The maximum absolute atomic E-state index is 12.0. The van der Waals surface area contributed by atoms with Gasteiger partial charge in [-0.15, -0.1) is 0 Å². The van der Waals surface area contributed by atoms with Gasteiger partial charge in [-0.1, -0.05) is 18.2 Å². The molecule has 0 radical (unpaired) electrons. The van der Waals surface area contributed by atoms with Crippen LogP contribution in [0.4, 0.5) is 10.5 Å². The quantitative estimate of drug-likeness (QED) is 0.844. The zero-order chi connectivity index (χ0) is 13.0. The van der Waals surface area contributed by atoms with E-state index in [1.807, 2.05) is 42.2 Å². The summed E-state index contributed by atoms with van der Waals surface area (Å²) in [7, 11) is 0. The second kappa shape index (κ2) is 5.87. The number of aliphatic hydroxyl groups is 1. The van der Waals surface area contributed by atoms with Gasteiger partial charge in [-0.3, -0.25) is 0 Å². The number of urea groups is 1. The zero-order valence-corrected chi connectivity index (χ0v) is 10.7. The third kappa shape index (κ3) is 3.23. The van der Waals surface area contributed by atoms with E-state index < -0.39 is 0 Å². The van der Waals surface area contributed by atoms with E-state index in [0.29, 0.717) is 19.0 Å². The van der Waals surface area contributed by atoms with Gasteiger partial charge in [0, 0.05) is 18.8 Å². The monoisotopic (exact) mass is 248 g/mol. The van der Waals surface area contributed by atoms with Crippen LogP contribution >= 0.6 is 0 Å². The molecule has 1 aromatic rings. The highest BCUT2D eigenvalue weighted by Crippen LogP contribution is 2.21. The van der Waals surface area contributed by atoms with Gasteiger partial charge < -0.3 is 15.3 Å². The lowest BCUT2D eigenvalue weighted by molar-refractivity contribution is 0.0820. The lowest BCUT2D eigenvalue weighted by atomic mass is 9.92. The number of piperidine rings is 1. The highest BCUT2D eigenvalue weighted by molar-refractivity contribution is 5.89. The number of nitrogens with zero attached hydrogens (tertiary/aromatic N) is 1. The molecule has 18 heavy (non-hydrogen) atoms. The molecule has 0 aliphatic carbocycles. The van der Waals surface area contributed by atoms with E-state index in [9.17, 15) is 9.90 Å². The van der Waals surface area contributed by atoms with Gasteiger partial charge in [0.2, 0.25) is 0 Å². The predicted octanol–water partition coefficient (Wildman–Crippen LogP) is 2.31. The fourth-order valence-corrected chi connectivity index (χ4v) is 2.31. The molecule has 1 unspecified atom stereocenters. The highest BCUT2D eigenvalue weighted by atomic mass is 16.3. The molecule has 2 N–H and O–H groups in total. The third-order valence-electron chi connectivity index (χ3n) is 3.53. The fourth-order valence-electron chi connectivity index (χ4n) is 2.31. The normalized spacial score (nSPS) is 18.4. The Kier molecular flexibility index (Phi) is 4.20. The van der Waals surface area contributed by atoms with E-state index in [-0.39, 0.29) is 12.1 Å². The Morgan fingerprint density at radius 1 is 1.33 bits per heavy atom. The number of amides is 2. The molecule has 4 nitrogen and oxygen atoms in total. The van der Waals surface area contributed by atoms with E-state index in [1.165, 1.54) is 0 Å². The number of hydrogen-bond donors (Lipinski definition) is 2. The summed E-state index contributed by atoms with van der Waals surface area (Å²) in [5.41, 5.74) is 0.820. The average Bonchev–Trinajstić information content (AvgIpc) is 2.40. The maximum Gasteiger partial charge on any atom is 0.321 e. The molecule has 2 amide bonds. The van der Waals surface area contributed by atoms with Crippen LogP contribution in [-0.4, -0.2) is 35.2 Å². The number of likely N-dealkylation sites (tertiary alicyclic amines) is 1. The molecule has 0 bridgehead atoms. The van der Waals surface area contributed by atoms with Gasteiger partial charge in [0.15, 0.2) is 0 Å². The largest absolute Gasteiger partial charge is 0.393 e. The topological polar surface area (TPSA) is 52.6 Å². The van der Waals surface area contributed by atoms with Gasteiger partial charge in [0.1, 0.15) is 0 Å². The number of hydrogen-bond acceptors (Lipinski definition) is 2. The van der Waals surface area contributed by atoms with Crippen molar-refractivity contribution in [2.45, 2.75) is 25.9 Å². The van der Waals surface area contributed by atoms with Crippen LogP contribution in [0.3, 0.4) is 0 Å². The van der Waals surface area contributed by atoms with Crippen molar-refractivity contribution in [3.05, 3.63) is 30.3 Å². The lowest BCUT2D eigenvalue weighted by Gasteiger charge is -2.33. The third-order valence-corrected chi connectivity index (χ3v) is 3.53. The Morgan fingerprint density at radius 2 is 1.94 bits per heavy atom.